The molecule has 0 radical (unpaired) electrons. The minimum atomic E-state index is -4.34. The number of rotatable bonds is 5. The first kappa shape index (κ1) is 24.9. The average Bonchev–Trinajstić information content (AvgIpc) is 2.79. The Hall–Kier alpha value is -2.17. The highest BCUT2D eigenvalue weighted by Gasteiger charge is 2.43. The van der Waals surface area contributed by atoms with E-state index in [0.29, 0.717) is 32.6 Å². The zero-order chi connectivity index (χ0) is 24.5. The Kier molecular flexibility index (Phi) is 7.21. The number of piperazine rings is 1. The lowest BCUT2D eigenvalue weighted by atomic mass is 9.94. The molecule has 0 saturated carbocycles. The highest BCUT2D eigenvalue weighted by Crippen LogP contribution is 2.34. The summed E-state index contributed by atoms with van der Waals surface area (Å²) in [7, 11) is -3.35. The maximum Gasteiger partial charge on any atom is 0.414 e. The number of nitrogens with zero attached hydrogens (tertiary/aromatic N) is 2. The molecule has 34 heavy (non-hydrogen) atoms. The molecule has 2 heterocycles. The van der Waals surface area contributed by atoms with E-state index in [-0.39, 0.29) is 35.7 Å². The molecule has 0 unspecified atom stereocenters. The van der Waals surface area contributed by atoms with E-state index in [1.54, 1.807) is 30.3 Å². The summed E-state index contributed by atoms with van der Waals surface area (Å²) in [5, 5.41) is 0. The number of benzene rings is 2. The second kappa shape index (κ2) is 9.83. The van der Waals surface area contributed by atoms with E-state index >= 15 is 0 Å². The fourth-order valence-corrected chi connectivity index (χ4v) is 5.39. The van der Waals surface area contributed by atoms with Crippen LogP contribution in [-0.4, -0.2) is 64.6 Å². The van der Waals surface area contributed by atoms with Gasteiger partial charge in [-0.15, -0.1) is 0 Å². The average molecular weight is 501 g/mol. The van der Waals surface area contributed by atoms with Gasteiger partial charge in [0.2, 0.25) is 0 Å². The van der Waals surface area contributed by atoms with E-state index in [1.807, 2.05) is 6.07 Å². The van der Waals surface area contributed by atoms with Crippen molar-refractivity contribution in [3.8, 4) is 0 Å². The monoisotopic (exact) mass is 500 g/mol. The van der Waals surface area contributed by atoms with Crippen molar-refractivity contribution in [2.24, 2.45) is 5.92 Å². The minimum absolute atomic E-state index is 0.0262. The molecule has 2 aliphatic heterocycles. The summed E-state index contributed by atoms with van der Waals surface area (Å²) >= 11 is 0. The van der Waals surface area contributed by atoms with Gasteiger partial charge in [0.1, 0.15) is 5.82 Å². The van der Waals surface area contributed by atoms with Crippen LogP contribution in [0.25, 0.3) is 0 Å². The predicted molar refractivity (Wildman–Crippen MR) is 121 cm³/mol. The molecule has 2 aliphatic rings. The number of halogens is 4. The molecule has 2 saturated heterocycles. The van der Waals surface area contributed by atoms with E-state index in [4.69, 9.17) is 4.74 Å². The fraction of sp³-hybridized carbons (Fsp3) is 0.500. The van der Waals surface area contributed by atoms with Gasteiger partial charge in [-0.25, -0.2) is 12.8 Å². The lowest BCUT2D eigenvalue weighted by Gasteiger charge is -2.44. The first-order chi connectivity index (χ1) is 16.0. The molecule has 0 amide bonds. The molecule has 186 valence electrons. The number of anilines is 1. The number of ether oxygens (including phenoxy) is 1. The largest absolute Gasteiger partial charge is 0.414 e. The molecule has 0 spiro atoms. The van der Waals surface area contributed by atoms with E-state index in [9.17, 15) is 26.0 Å². The third-order valence-electron chi connectivity index (χ3n) is 6.58. The van der Waals surface area contributed by atoms with Gasteiger partial charge in [-0.05, 0) is 54.7 Å². The van der Waals surface area contributed by atoms with Crippen LogP contribution in [-0.2, 0) is 14.6 Å². The van der Waals surface area contributed by atoms with Crippen molar-refractivity contribution >= 4 is 15.5 Å². The van der Waals surface area contributed by atoms with Crippen molar-refractivity contribution in [1.29, 1.82) is 0 Å². The summed E-state index contributed by atoms with van der Waals surface area (Å²) in [6.45, 7) is 2.42. The van der Waals surface area contributed by atoms with E-state index in [1.165, 1.54) is 18.4 Å². The van der Waals surface area contributed by atoms with Gasteiger partial charge < -0.3 is 9.64 Å². The van der Waals surface area contributed by atoms with Crippen LogP contribution in [0.1, 0.15) is 24.4 Å². The summed E-state index contributed by atoms with van der Waals surface area (Å²) < 4.78 is 81.5. The molecule has 0 aromatic heterocycles. The van der Waals surface area contributed by atoms with Crippen molar-refractivity contribution in [3.05, 3.63) is 59.9 Å². The second-order valence-corrected chi connectivity index (χ2v) is 11.1. The van der Waals surface area contributed by atoms with Crippen LogP contribution in [0.15, 0.2) is 53.4 Å². The van der Waals surface area contributed by atoms with E-state index in [2.05, 4.69) is 9.80 Å². The standard InChI is InChI=1S/C24H28F4N2O3S/c1-34(31,32)21-4-2-3-20(13-21)29-11-12-30(22(15-29)18-6-8-19(25)9-7-18)14-17-5-10-23(33-16-17)24(26,27)28/h2-4,6-9,13,17,22-23H,5,10-12,14-16H2,1H3/t17-,22+,23-/m0/s1. The van der Waals surface area contributed by atoms with Crippen LogP contribution in [0.5, 0.6) is 0 Å². The third-order valence-corrected chi connectivity index (χ3v) is 7.70. The van der Waals surface area contributed by atoms with Crippen molar-refractivity contribution in [1.82, 2.24) is 4.90 Å². The quantitative estimate of drug-likeness (QED) is 0.568. The van der Waals surface area contributed by atoms with Gasteiger partial charge in [0, 0.05) is 38.1 Å². The molecule has 5 nitrogen and oxygen atoms in total. The molecule has 0 N–H and O–H groups in total. The molecule has 4 rings (SSSR count). The highest BCUT2D eigenvalue weighted by molar-refractivity contribution is 7.90. The Morgan fingerprint density at radius 3 is 2.41 bits per heavy atom. The van der Waals surface area contributed by atoms with Crippen LogP contribution in [0, 0.1) is 11.7 Å². The zero-order valence-corrected chi connectivity index (χ0v) is 19.7. The van der Waals surface area contributed by atoms with Gasteiger partial charge in [0.25, 0.3) is 0 Å². The predicted octanol–water partition coefficient (Wildman–Crippen LogP) is 4.45. The SMILES string of the molecule is CS(=O)(=O)c1cccc(N2CCN(C[C@@H]3CC[C@@H](C(F)(F)F)OC3)[C@@H](c3ccc(F)cc3)C2)c1. The maximum atomic E-state index is 13.6. The molecule has 0 aliphatic carbocycles. The summed E-state index contributed by atoms with van der Waals surface area (Å²) in [6.07, 6.45) is -4.49. The molecule has 2 fully saturated rings. The van der Waals surface area contributed by atoms with Gasteiger partial charge in [-0.1, -0.05) is 18.2 Å². The molecule has 3 atom stereocenters. The van der Waals surface area contributed by atoms with Crippen molar-refractivity contribution in [2.45, 2.75) is 36.1 Å². The Balaban J connectivity index is 1.51. The lowest BCUT2D eigenvalue weighted by molar-refractivity contribution is -0.236. The Morgan fingerprint density at radius 1 is 1.06 bits per heavy atom. The van der Waals surface area contributed by atoms with Crippen molar-refractivity contribution in [2.75, 3.05) is 43.9 Å². The number of sulfone groups is 1. The minimum Gasteiger partial charge on any atom is -0.368 e. The van der Waals surface area contributed by atoms with Gasteiger partial charge in [0.05, 0.1) is 17.5 Å². The number of hydrogen-bond donors (Lipinski definition) is 0. The zero-order valence-electron chi connectivity index (χ0n) is 18.8. The first-order valence-corrected chi connectivity index (χ1v) is 13.1. The molecular weight excluding hydrogens is 472 g/mol. The van der Waals surface area contributed by atoms with Gasteiger partial charge in [-0.2, -0.15) is 13.2 Å². The fourth-order valence-electron chi connectivity index (χ4n) is 4.73. The highest BCUT2D eigenvalue weighted by atomic mass is 32.2. The summed E-state index contributed by atoms with van der Waals surface area (Å²) in [4.78, 5) is 4.55. The molecule has 2 aromatic rings. The van der Waals surface area contributed by atoms with Crippen LogP contribution in [0.2, 0.25) is 0 Å². The third kappa shape index (κ3) is 5.90. The maximum absolute atomic E-state index is 13.6. The number of hydrogen-bond acceptors (Lipinski definition) is 5. The summed E-state index contributed by atoms with van der Waals surface area (Å²) in [6, 6.07) is 12.9. The van der Waals surface area contributed by atoms with Gasteiger partial charge in [-0.3, -0.25) is 4.90 Å². The Bertz CT molecular complexity index is 1080. The summed E-state index contributed by atoms with van der Waals surface area (Å²) in [5.41, 5.74) is 1.68. The van der Waals surface area contributed by atoms with Crippen molar-refractivity contribution < 1.29 is 30.7 Å². The number of alkyl halides is 3. The van der Waals surface area contributed by atoms with Crippen LogP contribution < -0.4 is 4.90 Å². The molecule has 10 heteroatoms. The normalized spacial score (nSPS) is 24.9. The van der Waals surface area contributed by atoms with Crippen LogP contribution in [0.3, 0.4) is 0 Å². The second-order valence-electron chi connectivity index (χ2n) is 9.08. The molecular formula is C24H28F4N2O3S. The van der Waals surface area contributed by atoms with Gasteiger partial charge >= 0.3 is 6.18 Å². The molecule has 0 bridgehead atoms. The Morgan fingerprint density at radius 2 is 1.79 bits per heavy atom. The van der Waals surface area contributed by atoms with E-state index < -0.39 is 22.1 Å². The lowest BCUT2D eigenvalue weighted by Crippen LogP contribution is -2.51. The van der Waals surface area contributed by atoms with Crippen molar-refractivity contribution in [3.63, 3.8) is 0 Å². The van der Waals surface area contributed by atoms with Crippen LogP contribution in [0.4, 0.5) is 23.2 Å². The van der Waals surface area contributed by atoms with E-state index in [0.717, 1.165) is 11.3 Å². The van der Waals surface area contributed by atoms with Gasteiger partial charge in [0.15, 0.2) is 15.9 Å². The first-order valence-electron chi connectivity index (χ1n) is 11.2. The Labute approximate surface area is 197 Å². The smallest absolute Gasteiger partial charge is 0.368 e. The molecule has 2 aromatic carbocycles. The van der Waals surface area contributed by atoms with Crippen LogP contribution >= 0.6 is 0 Å². The topological polar surface area (TPSA) is 49.9 Å². The summed E-state index contributed by atoms with van der Waals surface area (Å²) in [5.74, 6) is -0.371.